The molecule has 6 nitrogen and oxygen atoms in total. The smallest absolute Gasteiger partial charge is 0.252 e. The number of carbonyl (C=O) groups is 2. The van der Waals surface area contributed by atoms with Crippen molar-refractivity contribution in [1.29, 1.82) is 0 Å². The van der Waals surface area contributed by atoms with Gasteiger partial charge in [-0.1, -0.05) is 60.7 Å². The summed E-state index contributed by atoms with van der Waals surface area (Å²) < 4.78 is 42.4. The maximum atomic E-state index is 13.9. The molecule has 2 amide bonds. The van der Waals surface area contributed by atoms with Gasteiger partial charge in [-0.25, -0.2) is 17.7 Å². The van der Waals surface area contributed by atoms with E-state index in [1.165, 1.54) is 18.2 Å². The minimum Gasteiger partial charge on any atom is -0.274 e. The van der Waals surface area contributed by atoms with Crippen molar-refractivity contribution in [3.63, 3.8) is 0 Å². The molecule has 0 aliphatic carbocycles. The van der Waals surface area contributed by atoms with E-state index in [-0.39, 0.29) is 23.5 Å². The van der Waals surface area contributed by atoms with Crippen molar-refractivity contribution in [2.75, 3.05) is 11.4 Å². The lowest BCUT2D eigenvalue weighted by atomic mass is 10.1. The van der Waals surface area contributed by atoms with Crippen LogP contribution in [0.4, 0.5) is 10.1 Å². The first kappa shape index (κ1) is 23.8. The number of sulfonamides is 1. The van der Waals surface area contributed by atoms with Gasteiger partial charge in [0, 0.05) is 6.54 Å². The van der Waals surface area contributed by atoms with Crippen molar-refractivity contribution in [2.45, 2.75) is 23.8 Å². The molecule has 1 atom stereocenters. The van der Waals surface area contributed by atoms with Gasteiger partial charge in [-0.3, -0.25) is 9.59 Å². The number of halogens is 1. The van der Waals surface area contributed by atoms with Crippen LogP contribution in [0.1, 0.15) is 12.0 Å². The largest absolute Gasteiger partial charge is 0.274 e. The highest BCUT2D eigenvalue weighted by Crippen LogP contribution is 2.30. The number of hydrogen-bond donors (Lipinski definition) is 0. The quantitative estimate of drug-likeness (QED) is 0.348. The van der Waals surface area contributed by atoms with Crippen molar-refractivity contribution in [3.05, 3.63) is 108 Å². The molecular formula is C28H23FN2O4S. The summed E-state index contributed by atoms with van der Waals surface area (Å²) >= 11 is 0. The Labute approximate surface area is 208 Å². The van der Waals surface area contributed by atoms with Gasteiger partial charge >= 0.3 is 0 Å². The Hall–Kier alpha value is -3.88. The number of nitrogens with zero attached hydrogens (tertiary/aromatic N) is 2. The summed E-state index contributed by atoms with van der Waals surface area (Å²) in [6, 6.07) is 25.4. The first-order chi connectivity index (χ1) is 17.3. The minimum atomic E-state index is -4.14. The van der Waals surface area contributed by atoms with Crippen LogP contribution < -0.4 is 4.90 Å². The molecule has 0 N–H and O–H groups in total. The fourth-order valence-electron chi connectivity index (χ4n) is 4.49. The molecule has 0 spiro atoms. The van der Waals surface area contributed by atoms with Gasteiger partial charge in [0.25, 0.3) is 5.91 Å². The first-order valence-electron chi connectivity index (χ1n) is 11.5. The highest BCUT2D eigenvalue weighted by atomic mass is 32.2. The predicted octanol–water partition coefficient (Wildman–Crippen LogP) is 4.54. The molecule has 8 heteroatoms. The number of anilines is 1. The van der Waals surface area contributed by atoms with E-state index >= 15 is 0 Å². The minimum absolute atomic E-state index is 0.0140. The summed E-state index contributed by atoms with van der Waals surface area (Å²) in [7, 11) is -4.14. The van der Waals surface area contributed by atoms with Crippen LogP contribution in [0.15, 0.2) is 102 Å². The summed E-state index contributed by atoms with van der Waals surface area (Å²) in [5.74, 6) is -1.68. The van der Waals surface area contributed by atoms with Crippen LogP contribution in [-0.2, 0) is 26.0 Å². The van der Waals surface area contributed by atoms with Gasteiger partial charge in [0.1, 0.15) is 11.9 Å². The van der Waals surface area contributed by atoms with Crippen molar-refractivity contribution in [2.24, 2.45) is 0 Å². The highest BCUT2D eigenvalue weighted by molar-refractivity contribution is 7.89. The Morgan fingerprint density at radius 3 is 2.22 bits per heavy atom. The van der Waals surface area contributed by atoms with Crippen molar-refractivity contribution < 1.29 is 22.4 Å². The standard InChI is InChI=1S/C28H23FN2O4S/c29-23-11-13-24(14-12-23)31-27(32)19-26(28(31)33)30(17-16-20-6-2-1-3-7-20)36(34,35)25-15-10-21-8-4-5-9-22(21)18-25/h1-15,18,26H,16-17,19H2. The maximum Gasteiger partial charge on any atom is 0.252 e. The molecular weight excluding hydrogens is 479 g/mol. The molecule has 1 unspecified atom stereocenters. The molecule has 0 aromatic heterocycles. The molecule has 1 aliphatic heterocycles. The Morgan fingerprint density at radius 1 is 0.833 bits per heavy atom. The van der Waals surface area contributed by atoms with Crippen LogP contribution in [0.5, 0.6) is 0 Å². The van der Waals surface area contributed by atoms with E-state index < -0.39 is 33.7 Å². The first-order valence-corrected chi connectivity index (χ1v) is 13.0. The van der Waals surface area contributed by atoms with Crippen LogP contribution in [-0.4, -0.2) is 37.1 Å². The molecule has 1 fully saturated rings. The van der Waals surface area contributed by atoms with E-state index in [0.717, 1.165) is 37.7 Å². The number of hydrogen-bond acceptors (Lipinski definition) is 4. The third-order valence-corrected chi connectivity index (χ3v) is 8.25. The van der Waals surface area contributed by atoms with Crippen LogP contribution in [0.3, 0.4) is 0 Å². The molecule has 5 rings (SSSR count). The average molecular weight is 503 g/mol. The van der Waals surface area contributed by atoms with Gasteiger partial charge in [-0.15, -0.1) is 0 Å². The molecule has 1 heterocycles. The maximum absolute atomic E-state index is 13.9. The van der Waals surface area contributed by atoms with Crippen molar-refractivity contribution >= 4 is 38.3 Å². The van der Waals surface area contributed by atoms with Gasteiger partial charge in [0.15, 0.2) is 0 Å². The normalized spacial score (nSPS) is 16.3. The van der Waals surface area contributed by atoms with Crippen LogP contribution >= 0.6 is 0 Å². The molecule has 36 heavy (non-hydrogen) atoms. The molecule has 0 radical (unpaired) electrons. The third kappa shape index (κ3) is 4.53. The summed E-state index contributed by atoms with van der Waals surface area (Å²) in [5, 5.41) is 1.64. The summed E-state index contributed by atoms with van der Waals surface area (Å²) in [6.45, 7) is 0.0140. The van der Waals surface area contributed by atoms with E-state index in [1.807, 2.05) is 54.6 Å². The van der Waals surface area contributed by atoms with E-state index in [4.69, 9.17) is 0 Å². The summed E-state index contributed by atoms with van der Waals surface area (Å²) in [6.07, 6.45) is 0.0694. The third-order valence-electron chi connectivity index (χ3n) is 6.35. The van der Waals surface area contributed by atoms with E-state index in [0.29, 0.717) is 6.42 Å². The number of fused-ring (bicyclic) bond motifs is 1. The number of rotatable bonds is 7. The van der Waals surface area contributed by atoms with E-state index in [1.54, 1.807) is 12.1 Å². The van der Waals surface area contributed by atoms with E-state index in [2.05, 4.69) is 0 Å². The fraction of sp³-hybridized carbons (Fsp3) is 0.143. The number of carbonyl (C=O) groups excluding carboxylic acids is 2. The van der Waals surface area contributed by atoms with Gasteiger partial charge in [-0.2, -0.15) is 4.31 Å². The monoisotopic (exact) mass is 502 g/mol. The zero-order chi connectivity index (χ0) is 25.3. The van der Waals surface area contributed by atoms with Crippen LogP contribution in [0.2, 0.25) is 0 Å². The van der Waals surface area contributed by atoms with Gasteiger partial charge < -0.3 is 0 Å². The molecule has 4 aromatic rings. The zero-order valence-corrected chi connectivity index (χ0v) is 20.1. The molecule has 0 bridgehead atoms. The van der Waals surface area contributed by atoms with Crippen molar-refractivity contribution in [3.8, 4) is 0 Å². The second-order valence-corrected chi connectivity index (χ2v) is 10.5. The molecule has 1 aliphatic rings. The zero-order valence-electron chi connectivity index (χ0n) is 19.2. The Balaban J connectivity index is 1.53. The Kier molecular flexibility index (Phi) is 6.38. The number of amides is 2. The average Bonchev–Trinajstić information content (AvgIpc) is 3.18. The van der Waals surface area contributed by atoms with Crippen LogP contribution in [0, 0.1) is 5.82 Å². The molecule has 0 saturated carbocycles. The topological polar surface area (TPSA) is 74.8 Å². The Morgan fingerprint density at radius 2 is 1.50 bits per heavy atom. The van der Waals surface area contributed by atoms with Gasteiger partial charge in [0.05, 0.1) is 17.0 Å². The number of benzene rings is 4. The molecule has 4 aromatic carbocycles. The van der Waals surface area contributed by atoms with E-state index in [9.17, 15) is 22.4 Å². The van der Waals surface area contributed by atoms with Crippen molar-refractivity contribution in [1.82, 2.24) is 4.31 Å². The lowest BCUT2D eigenvalue weighted by Gasteiger charge is -2.27. The lowest BCUT2D eigenvalue weighted by Crippen LogP contribution is -2.46. The second kappa shape index (κ2) is 9.64. The fourth-order valence-corrected chi connectivity index (χ4v) is 6.11. The summed E-state index contributed by atoms with van der Waals surface area (Å²) in [4.78, 5) is 27.3. The SMILES string of the molecule is O=C1CC(N(CCc2ccccc2)S(=O)(=O)c2ccc3ccccc3c2)C(=O)N1c1ccc(F)cc1. The number of imide groups is 1. The second-order valence-electron chi connectivity index (χ2n) is 8.62. The summed E-state index contributed by atoms with van der Waals surface area (Å²) in [5.41, 5.74) is 1.11. The molecule has 182 valence electrons. The Bertz CT molecular complexity index is 1540. The molecule has 1 saturated heterocycles. The highest BCUT2D eigenvalue weighted by Gasteiger charge is 2.46. The van der Waals surface area contributed by atoms with Gasteiger partial charge in [0.2, 0.25) is 15.9 Å². The van der Waals surface area contributed by atoms with Gasteiger partial charge in [-0.05, 0) is 59.2 Å². The lowest BCUT2D eigenvalue weighted by molar-refractivity contribution is -0.122. The predicted molar refractivity (Wildman–Crippen MR) is 135 cm³/mol. The van der Waals surface area contributed by atoms with Crippen LogP contribution in [0.25, 0.3) is 10.8 Å².